The molecular formula is C28H18Cl3N3O4S2. The number of carbonyl (C=O) groups excluding carboxylic acids is 3. The van der Waals surface area contributed by atoms with Crippen molar-refractivity contribution >= 4 is 87.0 Å². The van der Waals surface area contributed by atoms with E-state index in [0.29, 0.717) is 36.3 Å². The van der Waals surface area contributed by atoms with Crippen LogP contribution in [-0.4, -0.2) is 27.5 Å². The summed E-state index contributed by atoms with van der Waals surface area (Å²) in [6, 6.07) is 20.2. The predicted molar refractivity (Wildman–Crippen MR) is 159 cm³/mol. The highest BCUT2D eigenvalue weighted by molar-refractivity contribution is 8.00. The van der Waals surface area contributed by atoms with E-state index >= 15 is 0 Å². The fourth-order valence-corrected chi connectivity index (χ4v) is 8.16. The zero-order chi connectivity index (χ0) is 28.1. The fraction of sp³-hybridized carbons (Fsp3) is 0.143. The van der Waals surface area contributed by atoms with Gasteiger partial charge in [-0.25, -0.2) is 4.90 Å². The van der Waals surface area contributed by atoms with Gasteiger partial charge in [-0.2, -0.15) is 0 Å². The standard InChI is InChI=1S/C28H18Cl3N3O4S2/c29-15-3-1-14(2-4-15)21-22-23(26(37)34(25(22)36)19-11-7-17(31)8-12-19)39-27-24(21)40-28(38)33(27)13-20(35)32-18-9-5-16(30)6-10-18/h1-12,21-23H,13H2,(H,32,35)/t21-,22?,23?/m1/s1. The Hall–Kier alpha value is -3.08. The number of nitrogens with one attached hydrogen (secondary N) is 1. The third-order valence-corrected chi connectivity index (χ3v) is 10.2. The molecule has 4 aromatic rings. The first-order valence-electron chi connectivity index (χ1n) is 12.1. The minimum Gasteiger partial charge on any atom is -0.325 e. The Morgan fingerprint density at radius 1 is 0.800 bits per heavy atom. The van der Waals surface area contributed by atoms with Crippen molar-refractivity contribution in [2.24, 2.45) is 5.92 Å². The fourth-order valence-electron chi connectivity index (χ4n) is 5.01. The first-order chi connectivity index (χ1) is 19.2. The van der Waals surface area contributed by atoms with E-state index in [1.165, 1.54) is 9.47 Å². The molecule has 0 spiro atoms. The van der Waals surface area contributed by atoms with E-state index in [0.717, 1.165) is 28.7 Å². The highest BCUT2D eigenvalue weighted by Gasteiger charge is 2.56. The molecule has 0 aliphatic carbocycles. The Balaban J connectivity index is 1.40. The van der Waals surface area contributed by atoms with Gasteiger partial charge in [0, 0.05) is 31.6 Å². The van der Waals surface area contributed by atoms with E-state index in [4.69, 9.17) is 34.8 Å². The van der Waals surface area contributed by atoms with Crippen LogP contribution >= 0.6 is 57.9 Å². The molecule has 2 unspecified atom stereocenters. The summed E-state index contributed by atoms with van der Waals surface area (Å²) in [6.07, 6.45) is 0. The molecule has 1 aromatic heterocycles. The Morgan fingerprint density at radius 2 is 1.38 bits per heavy atom. The number of fused-ring (bicyclic) bond motifs is 2. The summed E-state index contributed by atoms with van der Waals surface area (Å²) in [4.78, 5) is 55.3. The molecule has 2 aliphatic rings. The Morgan fingerprint density at radius 3 is 2.00 bits per heavy atom. The SMILES string of the molecule is O=C(Cn1c2c(sc1=O)[C@H](c1ccc(Cl)cc1)C1C(=O)N(c3ccc(Cl)cc3)C(=O)C1S2)Nc1ccc(Cl)cc1. The van der Waals surface area contributed by atoms with E-state index < -0.39 is 23.0 Å². The zero-order valence-electron chi connectivity index (χ0n) is 20.3. The molecule has 40 heavy (non-hydrogen) atoms. The maximum Gasteiger partial charge on any atom is 0.308 e. The number of amides is 3. The van der Waals surface area contributed by atoms with Crippen molar-refractivity contribution in [1.29, 1.82) is 0 Å². The van der Waals surface area contributed by atoms with Crippen molar-refractivity contribution in [3.05, 3.63) is 108 Å². The van der Waals surface area contributed by atoms with E-state index in [1.807, 2.05) is 0 Å². The zero-order valence-corrected chi connectivity index (χ0v) is 24.2. The number of halogens is 3. The van der Waals surface area contributed by atoms with Crippen molar-refractivity contribution < 1.29 is 14.4 Å². The number of aromatic nitrogens is 1. The van der Waals surface area contributed by atoms with Crippen LogP contribution in [0.3, 0.4) is 0 Å². The van der Waals surface area contributed by atoms with Crippen molar-refractivity contribution in [1.82, 2.24) is 4.57 Å². The molecule has 2 aliphatic heterocycles. The van der Waals surface area contributed by atoms with E-state index in [-0.39, 0.29) is 23.2 Å². The molecule has 202 valence electrons. The lowest BCUT2D eigenvalue weighted by Gasteiger charge is -2.30. The maximum absolute atomic E-state index is 13.9. The average molecular weight is 631 g/mol. The van der Waals surface area contributed by atoms with E-state index in [2.05, 4.69) is 5.32 Å². The number of thioether (sulfide) groups is 1. The molecule has 1 fully saturated rings. The summed E-state index contributed by atoms with van der Waals surface area (Å²) < 4.78 is 1.37. The summed E-state index contributed by atoms with van der Waals surface area (Å²) in [5.74, 6) is -2.49. The van der Waals surface area contributed by atoms with Crippen molar-refractivity contribution in [3.8, 4) is 0 Å². The third kappa shape index (κ3) is 4.86. The summed E-state index contributed by atoms with van der Waals surface area (Å²) in [7, 11) is 0. The highest BCUT2D eigenvalue weighted by atomic mass is 35.5. The number of imide groups is 1. The minimum absolute atomic E-state index is 0.256. The second-order valence-electron chi connectivity index (χ2n) is 9.26. The van der Waals surface area contributed by atoms with Gasteiger partial charge in [0.1, 0.15) is 11.8 Å². The Labute approximate surface area is 251 Å². The van der Waals surface area contributed by atoms with Gasteiger partial charge in [0.25, 0.3) is 0 Å². The second kappa shape index (κ2) is 10.7. The quantitative estimate of drug-likeness (QED) is 0.261. The molecule has 3 aromatic carbocycles. The largest absolute Gasteiger partial charge is 0.325 e. The molecule has 0 bridgehead atoms. The molecule has 0 saturated carbocycles. The van der Waals surface area contributed by atoms with Crippen LogP contribution in [0.25, 0.3) is 0 Å². The van der Waals surface area contributed by atoms with E-state index in [9.17, 15) is 19.2 Å². The molecule has 7 nitrogen and oxygen atoms in total. The molecule has 12 heteroatoms. The molecule has 3 atom stereocenters. The minimum atomic E-state index is -0.795. The lowest BCUT2D eigenvalue weighted by molar-refractivity contribution is -0.122. The number of rotatable bonds is 5. The van der Waals surface area contributed by atoms with Gasteiger partial charge in [-0.1, -0.05) is 70.0 Å². The van der Waals surface area contributed by atoms with Gasteiger partial charge in [0.15, 0.2) is 0 Å². The summed E-state index contributed by atoms with van der Waals surface area (Å²) >= 11 is 20.2. The summed E-state index contributed by atoms with van der Waals surface area (Å²) in [5, 5.41) is 4.01. The highest BCUT2D eigenvalue weighted by Crippen LogP contribution is 2.54. The van der Waals surface area contributed by atoms with Crippen LogP contribution in [0.4, 0.5) is 11.4 Å². The lowest BCUT2D eigenvalue weighted by Crippen LogP contribution is -2.33. The molecule has 1 N–H and O–H groups in total. The van der Waals surface area contributed by atoms with Crippen LogP contribution < -0.4 is 15.1 Å². The van der Waals surface area contributed by atoms with E-state index in [1.54, 1.807) is 72.8 Å². The first kappa shape index (κ1) is 27.1. The van der Waals surface area contributed by atoms with Crippen LogP contribution in [0.15, 0.2) is 82.6 Å². The number of benzene rings is 3. The summed E-state index contributed by atoms with van der Waals surface area (Å²) in [5.41, 5.74) is 1.71. The van der Waals surface area contributed by atoms with Gasteiger partial charge >= 0.3 is 4.87 Å². The van der Waals surface area contributed by atoms with Crippen molar-refractivity contribution in [2.45, 2.75) is 22.7 Å². The monoisotopic (exact) mass is 629 g/mol. The van der Waals surface area contributed by atoms with Gasteiger partial charge in [-0.15, -0.1) is 0 Å². The van der Waals surface area contributed by atoms with Crippen molar-refractivity contribution in [3.63, 3.8) is 0 Å². The number of nitrogens with zero attached hydrogens (tertiary/aromatic N) is 2. The number of carbonyl (C=O) groups is 3. The van der Waals surface area contributed by atoms with Crippen LogP contribution in [0.5, 0.6) is 0 Å². The van der Waals surface area contributed by atoms with Gasteiger partial charge in [-0.05, 0) is 66.2 Å². The van der Waals surface area contributed by atoms with Crippen LogP contribution in [0.1, 0.15) is 16.4 Å². The average Bonchev–Trinajstić information content (AvgIpc) is 3.37. The van der Waals surface area contributed by atoms with Crippen molar-refractivity contribution in [2.75, 3.05) is 10.2 Å². The van der Waals surface area contributed by atoms with Gasteiger partial charge in [-0.3, -0.25) is 23.7 Å². The van der Waals surface area contributed by atoms with Crippen LogP contribution in [0, 0.1) is 5.92 Å². The van der Waals surface area contributed by atoms with Gasteiger partial charge < -0.3 is 5.32 Å². The normalized spacial score (nSPS) is 19.9. The van der Waals surface area contributed by atoms with Crippen LogP contribution in [0.2, 0.25) is 15.1 Å². The third-order valence-electron chi connectivity index (χ3n) is 6.79. The number of thiazole rings is 1. The molecule has 3 heterocycles. The topological polar surface area (TPSA) is 88.5 Å². The molecule has 6 rings (SSSR count). The number of hydrogen-bond donors (Lipinski definition) is 1. The smallest absolute Gasteiger partial charge is 0.308 e. The Bertz CT molecular complexity index is 1700. The lowest BCUT2D eigenvalue weighted by atomic mass is 9.83. The molecular weight excluding hydrogens is 613 g/mol. The number of hydrogen-bond acceptors (Lipinski definition) is 6. The van der Waals surface area contributed by atoms with Crippen LogP contribution in [-0.2, 0) is 20.9 Å². The molecule has 0 radical (unpaired) electrons. The molecule has 1 saturated heterocycles. The second-order valence-corrected chi connectivity index (χ2v) is 12.7. The maximum atomic E-state index is 13.9. The Kier molecular flexibility index (Phi) is 7.27. The molecule has 3 amide bonds. The predicted octanol–water partition coefficient (Wildman–Crippen LogP) is 6.30. The number of anilines is 2. The van der Waals surface area contributed by atoms with Gasteiger partial charge in [0.05, 0.1) is 16.6 Å². The van der Waals surface area contributed by atoms with Gasteiger partial charge in [0.2, 0.25) is 17.7 Å². The first-order valence-corrected chi connectivity index (χ1v) is 14.9. The summed E-state index contributed by atoms with van der Waals surface area (Å²) in [6.45, 7) is -0.256.